The Morgan fingerprint density at radius 3 is 2.08 bits per heavy atom. The molecule has 2 amide bonds. The summed E-state index contributed by atoms with van der Waals surface area (Å²) in [6.45, 7) is 6.64. The first-order chi connectivity index (χ1) is 12.0. The minimum atomic E-state index is 0.0457. The maximum absolute atomic E-state index is 12.7. The maximum atomic E-state index is 12.7. The minimum absolute atomic E-state index is 0.0457. The van der Waals surface area contributed by atoms with E-state index in [1.165, 1.54) is 16.2 Å². The Kier molecular flexibility index (Phi) is 5.81. The number of hydrogen-bond donors (Lipinski definition) is 0. The summed E-state index contributed by atoms with van der Waals surface area (Å²) in [6.07, 6.45) is 0. The van der Waals surface area contributed by atoms with Crippen molar-refractivity contribution in [3.63, 3.8) is 0 Å². The summed E-state index contributed by atoms with van der Waals surface area (Å²) < 4.78 is 0. The van der Waals surface area contributed by atoms with Crippen molar-refractivity contribution in [2.75, 3.05) is 26.2 Å². The van der Waals surface area contributed by atoms with E-state index < -0.39 is 0 Å². The zero-order valence-electron chi connectivity index (χ0n) is 14.5. The Morgan fingerprint density at radius 2 is 1.56 bits per heavy atom. The van der Waals surface area contributed by atoms with E-state index in [-0.39, 0.29) is 11.8 Å². The van der Waals surface area contributed by atoms with E-state index >= 15 is 0 Å². The Balaban J connectivity index is 1.57. The predicted molar refractivity (Wildman–Crippen MR) is 104 cm³/mol. The number of rotatable bonds is 4. The van der Waals surface area contributed by atoms with Gasteiger partial charge in [0.05, 0.1) is 4.88 Å². The fraction of sp³-hybridized carbons (Fsp3) is 0.368. The SMILES string of the molecule is CC(C)Sc1ccc(C(=O)N2CCN(C(=O)c3cccs3)CC2)cc1. The van der Waals surface area contributed by atoms with Gasteiger partial charge in [-0.15, -0.1) is 23.1 Å². The first kappa shape index (κ1) is 18.0. The third kappa shape index (κ3) is 4.44. The summed E-state index contributed by atoms with van der Waals surface area (Å²) in [5.74, 6) is 0.112. The lowest BCUT2D eigenvalue weighted by Gasteiger charge is -2.34. The molecule has 0 radical (unpaired) electrons. The van der Waals surface area contributed by atoms with Gasteiger partial charge < -0.3 is 9.80 Å². The summed E-state index contributed by atoms with van der Waals surface area (Å²) >= 11 is 3.25. The molecule has 0 aliphatic carbocycles. The Labute approximate surface area is 156 Å². The molecule has 2 aromatic rings. The predicted octanol–water partition coefficient (Wildman–Crippen LogP) is 3.85. The summed E-state index contributed by atoms with van der Waals surface area (Å²) in [5, 5.41) is 2.43. The van der Waals surface area contributed by atoms with Crippen molar-refractivity contribution in [1.29, 1.82) is 0 Å². The van der Waals surface area contributed by atoms with Crippen LogP contribution in [0.25, 0.3) is 0 Å². The van der Waals surface area contributed by atoms with Gasteiger partial charge in [0.1, 0.15) is 0 Å². The first-order valence-corrected chi connectivity index (χ1v) is 10.2. The van der Waals surface area contributed by atoms with Crippen LogP contribution in [0.2, 0.25) is 0 Å². The molecule has 3 rings (SSSR count). The van der Waals surface area contributed by atoms with E-state index in [0.717, 1.165) is 4.88 Å². The van der Waals surface area contributed by atoms with Gasteiger partial charge in [0.25, 0.3) is 11.8 Å². The molecule has 1 aliphatic heterocycles. The zero-order chi connectivity index (χ0) is 17.8. The lowest BCUT2D eigenvalue weighted by molar-refractivity contribution is 0.0538. The average molecular weight is 375 g/mol. The molecule has 0 unspecified atom stereocenters. The van der Waals surface area contributed by atoms with Gasteiger partial charge in [0.15, 0.2) is 0 Å². The van der Waals surface area contributed by atoms with Gasteiger partial charge in [-0.1, -0.05) is 19.9 Å². The standard InChI is InChI=1S/C19H22N2O2S2/c1-14(2)25-16-7-5-15(6-8-16)18(22)20-9-11-21(12-10-20)19(23)17-4-3-13-24-17/h3-8,13-14H,9-12H2,1-2H3. The fourth-order valence-corrected chi connectivity index (χ4v) is 4.33. The molecule has 0 N–H and O–H groups in total. The molecule has 0 bridgehead atoms. The van der Waals surface area contributed by atoms with Crippen molar-refractivity contribution in [2.45, 2.75) is 24.0 Å². The van der Waals surface area contributed by atoms with Gasteiger partial charge in [0.2, 0.25) is 0 Å². The van der Waals surface area contributed by atoms with Crippen LogP contribution in [0.4, 0.5) is 0 Å². The number of thiophene rings is 1. The highest BCUT2D eigenvalue weighted by Crippen LogP contribution is 2.23. The molecule has 25 heavy (non-hydrogen) atoms. The van der Waals surface area contributed by atoms with E-state index in [1.807, 2.05) is 51.6 Å². The molecule has 0 atom stereocenters. The van der Waals surface area contributed by atoms with Crippen molar-refractivity contribution < 1.29 is 9.59 Å². The van der Waals surface area contributed by atoms with Crippen LogP contribution in [0.5, 0.6) is 0 Å². The van der Waals surface area contributed by atoms with Crippen LogP contribution in [0.15, 0.2) is 46.7 Å². The van der Waals surface area contributed by atoms with E-state index in [0.29, 0.717) is 37.0 Å². The molecule has 1 saturated heterocycles. The summed E-state index contributed by atoms with van der Waals surface area (Å²) in [5.41, 5.74) is 0.714. The van der Waals surface area contributed by atoms with Gasteiger partial charge in [-0.25, -0.2) is 0 Å². The number of carbonyl (C=O) groups is 2. The van der Waals surface area contributed by atoms with Crippen LogP contribution in [-0.4, -0.2) is 53.0 Å². The second-order valence-electron chi connectivity index (χ2n) is 6.25. The molecular formula is C19H22N2O2S2. The Morgan fingerprint density at radius 1 is 0.960 bits per heavy atom. The van der Waals surface area contributed by atoms with E-state index in [2.05, 4.69) is 13.8 Å². The van der Waals surface area contributed by atoms with Gasteiger partial charge in [0, 0.05) is 41.9 Å². The summed E-state index contributed by atoms with van der Waals surface area (Å²) in [7, 11) is 0. The van der Waals surface area contributed by atoms with Gasteiger partial charge in [-0.05, 0) is 35.7 Å². The number of piperazine rings is 1. The molecule has 1 fully saturated rings. The smallest absolute Gasteiger partial charge is 0.264 e. The number of carbonyl (C=O) groups excluding carboxylic acids is 2. The number of hydrogen-bond acceptors (Lipinski definition) is 4. The molecule has 0 spiro atoms. The van der Waals surface area contributed by atoms with E-state index in [4.69, 9.17) is 0 Å². The molecule has 1 aromatic carbocycles. The van der Waals surface area contributed by atoms with Crippen molar-refractivity contribution in [1.82, 2.24) is 9.80 Å². The van der Waals surface area contributed by atoms with Crippen molar-refractivity contribution in [3.05, 3.63) is 52.2 Å². The fourth-order valence-electron chi connectivity index (χ4n) is 2.80. The minimum Gasteiger partial charge on any atom is -0.335 e. The third-order valence-electron chi connectivity index (χ3n) is 4.06. The molecule has 2 heterocycles. The summed E-state index contributed by atoms with van der Waals surface area (Å²) in [6, 6.07) is 11.6. The maximum Gasteiger partial charge on any atom is 0.264 e. The Hall–Kier alpha value is -1.79. The molecule has 6 heteroatoms. The lowest BCUT2D eigenvalue weighted by atomic mass is 10.2. The lowest BCUT2D eigenvalue weighted by Crippen LogP contribution is -2.50. The van der Waals surface area contributed by atoms with E-state index in [1.54, 1.807) is 11.8 Å². The topological polar surface area (TPSA) is 40.6 Å². The van der Waals surface area contributed by atoms with Crippen LogP contribution >= 0.6 is 23.1 Å². The number of amides is 2. The highest BCUT2D eigenvalue weighted by Gasteiger charge is 2.25. The number of benzene rings is 1. The van der Waals surface area contributed by atoms with Crippen LogP contribution in [-0.2, 0) is 0 Å². The number of nitrogens with zero attached hydrogens (tertiary/aromatic N) is 2. The van der Waals surface area contributed by atoms with Gasteiger partial charge >= 0.3 is 0 Å². The largest absolute Gasteiger partial charge is 0.335 e. The number of thioether (sulfide) groups is 1. The second-order valence-corrected chi connectivity index (χ2v) is 8.85. The molecule has 1 aromatic heterocycles. The van der Waals surface area contributed by atoms with Gasteiger partial charge in [-0.3, -0.25) is 9.59 Å². The van der Waals surface area contributed by atoms with Crippen molar-refractivity contribution >= 4 is 34.9 Å². The van der Waals surface area contributed by atoms with Crippen molar-refractivity contribution in [3.8, 4) is 0 Å². The normalized spacial score (nSPS) is 14.8. The molecule has 1 aliphatic rings. The zero-order valence-corrected chi connectivity index (χ0v) is 16.1. The van der Waals surface area contributed by atoms with Gasteiger partial charge in [-0.2, -0.15) is 0 Å². The second kappa shape index (κ2) is 8.06. The highest BCUT2D eigenvalue weighted by atomic mass is 32.2. The van der Waals surface area contributed by atoms with E-state index in [9.17, 15) is 9.59 Å². The first-order valence-electron chi connectivity index (χ1n) is 8.43. The van der Waals surface area contributed by atoms with Crippen LogP contribution in [0.3, 0.4) is 0 Å². The summed E-state index contributed by atoms with van der Waals surface area (Å²) in [4.78, 5) is 30.6. The molecule has 0 saturated carbocycles. The highest BCUT2D eigenvalue weighted by molar-refractivity contribution is 7.99. The van der Waals surface area contributed by atoms with Crippen LogP contribution in [0, 0.1) is 0 Å². The average Bonchev–Trinajstić information content (AvgIpc) is 3.15. The molecular weight excluding hydrogens is 352 g/mol. The van der Waals surface area contributed by atoms with Crippen molar-refractivity contribution in [2.24, 2.45) is 0 Å². The van der Waals surface area contributed by atoms with Crippen LogP contribution < -0.4 is 0 Å². The third-order valence-corrected chi connectivity index (χ3v) is 5.93. The molecule has 4 nitrogen and oxygen atoms in total. The van der Waals surface area contributed by atoms with Crippen LogP contribution in [0.1, 0.15) is 33.9 Å². The monoisotopic (exact) mass is 374 g/mol. The Bertz CT molecular complexity index is 718. The molecule has 132 valence electrons. The quantitative estimate of drug-likeness (QED) is 0.764.